The Balaban J connectivity index is 1.45. The summed E-state index contributed by atoms with van der Waals surface area (Å²) in [5, 5.41) is 7.78. The molecular weight excluding hydrogens is 518 g/mol. The molecule has 0 aliphatic carbocycles. The number of anilines is 3. The van der Waals surface area contributed by atoms with Crippen LogP contribution in [0.2, 0.25) is 0 Å². The van der Waals surface area contributed by atoms with Crippen LogP contribution in [0, 0.1) is 17.6 Å². The van der Waals surface area contributed by atoms with Gasteiger partial charge in [0.2, 0.25) is 11.9 Å². The number of hydrogen-bond acceptors (Lipinski definition) is 8. The fraction of sp³-hybridized carbons (Fsp3) is 0.357. The first-order chi connectivity index (χ1) is 19.2. The third-order valence-corrected chi connectivity index (χ3v) is 7.34. The zero-order chi connectivity index (χ0) is 28.6. The van der Waals surface area contributed by atoms with Crippen LogP contribution in [0.5, 0.6) is 0 Å². The summed E-state index contributed by atoms with van der Waals surface area (Å²) in [5.74, 6) is -1.00. The summed E-state index contributed by atoms with van der Waals surface area (Å²) in [6.45, 7) is 4.94. The molecule has 3 atom stereocenters. The molecule has 0 spiro atoms. The number of likely N-dealkylation sites (N-methyl/N-ethyl adjacent to an activating group) is 1. The number of nitrogens with zero attached hydrogens (tertiary/aromatic N) is 6. The number of ether oxygens (including phenoxy) is 1. The maximum Gasteiger partial charge on any atom is 0.229 e. The summed E-state index contributed by atoms with van der Waals surface area (Å²) in [4.78, 5) is 24.6. The van der Waals surface area contributed by atoms with Crippen molar-refractivity contribution in [1.29, 1.82) is 0 Å². The third kappa shape index (κ3) is 5.19. The molecule has 0 bridgehead atoms. The average Bonchev–Trinajstić information content (AvgIpc) is 3.30. The Hall–Kier alpha value is -4.16. The Morgan fingerprint density at radius 2 is 1.95 bits per heavy atom. The van der Waals surface area contributed by atoms with E-state index >= 15 is 0 Å². The van der Waals surface area contributed by atoms with Gasteiger partial charge in [-0.15, -0.1) is 0 Å². The van der Waals surface area contributed by atoms with Crippen molar-refractivity contribution in [2.45, 2.75) is 32.5 Å². The van der Waals surface area contributed by atoms with Gasteiger partial charge in [0.05, 0.1) is 53.2 Å². The largest absolute Gasteiger partial charge is 0.380 e. The topological polar surface area (TPSA) is 114 Å². The highest BCUT2D eigenvalue weighted by atomic mass is 19.1. The SMILES string of the molecule is COCc1cc(F)c(-c2ccc3cnc(Nc4cnccc4N4CC(C)C(N(C)C(C)=O)C(N)C4)n3n2)c(F)c1. The lowest BCUT2D eigenvalue weighted by atomic mass is 9.88. The summed E-state index contributed by atoms with van der Waals surface area (Å²) < 4.78 is 36.3. The minimum atomic E-state index is -0.729. The highest BCUT2D eigenvalue weighted by Gasteiger charge is 2.36. The Bertz CT molecular complexity index is 1510. The van der Waals surface area contributed by atoms with Crippen LogP contribution in [0.3, 0.4) is 0 Å². The van der Waals surface area contributed by atoms with Crippen molar-refractivity contribution in [3.63, 3.8) is 0 Å². The normalized spacial score (nSPS) is 19.2. The van der Waals surface area contributed by atoms with Gasteiger partial charge < -0.3 is 25.6 Å². The third-order valence-electron chi connectivity index (χ3n) is 7.34. The number of fused-ring (bicyclic) bond motifs is 1. The number of methoxy groups -OCH3 is 1. The molecular formula is C28H32F2N8O2. The van der Waals surface area contributed by atoms with E-state index in [2.05, 4.69) is 32.2 Å². The average molecular weight is 551 g/mol. The van der Waals surface area contributed by atoms with Crippen LogP contribution >= 0.6 is 0 Å². The molecule has 210 valence electrons. The van der Waals surface area contributed by atoms with Gasteiger partial charge in [-0.1, -0.05) is 6.92 Å². The van der Waals surface area contributed by atoms with Crippen molar-refractivity contribution in [3.8, 4) is 11.3 Å². The number of imidazole rings is 1. The van der Waals surface area contributed by atoms with E-state index in [1.54, 1.807) is 49.6 Å². The van der Waals surface area contributed by atoms with Crippen LogP contribution in [-0.4, -0.2) is 69.7 Å². The lowest BCUT2D eigenvalue weighted by molar-refractivity contribution is -0.131. The number of amides is 1. The number of nitrogens with one attached hydrogen (secondary N) is 1. The van der Waals surface area contributed by atoms with Gasteiger partial charge in [-0.25, -0.2) is 13.8 Å². The van der Waals surface area contributed by atoms with Crippen LogP contribution in [0.15, 0.2) is 48.9 Å². The number of rotatable bonds is 7. The zero-order valence-electron chi connectivity index (χ0n) is 22.8. The molecule has 10 nitrogen and oxygen atoms in total. The molecule has 5 rings (SSSR count). The first-order valence-corrected chi connectivity index (χ1v) is 12.9. The standard InChI is InChI=1S/C28H32F2N8O2/c1-16-13-37(14-22(31)27(16)36(3)17(2)39)25-7-8-32-12-24(25)34-28-33-11-19-5-6-23(35-38(19)28)26-20(29)9-18(15-40-4)10-21(26)30/h5-12,16,22,27H,13-15,31H2,1-4H3,(H,33,34). The predicted molar refractivity (Wildman–Crippen MR) is 148 cm³/mol. The molecule has 0 radical (unpaired) electrons. The second kappa shape index (κ2) is 11.1. The Kier molecular flexibility index (Phi) is 7.63. The van der Waals surface area contributed by atoms with Crippen molar-refractivity contribution in [3.05, 3.63) is 66.1 Å². The Labute approximate surface area is 230 Å². The van der Waals surface area contributed by atoms with E-state index in [0.717, 1.165) is 5.69 Å². The minimum absolute atomic E-state index is 0.0178. The highest BCUT2D eigenvalue weighted by molar-refractivity contribution is 5.75. The molecule has 3 aromatic heterocycles. The molecule has 1 amide bonds. The smallest absolute Gasteiger partial charge is 0.229 e. The molecule has 4 aromatic rings. The maximum atomic E-state index is 14.9. The van der Waals surface area contributed by atoms with E-state index in [1.165, 1.54) is 23.8 Å². The molecule has 3 N–H and O–H groups in total. The van der Waals surface area contributed by atoms with Crippen LogP contribution in [0.1, 0.15) is 19.4 Å². The predicted octanol–water partition coefficient (Wildman–Crippen LogP) is 3.59. The quantitative estimate of drug-likeness (QED) is 0.359. The summed E-state index contributed by atoms with van der Waals surface area (Å²) in [6.07, 6.45) is 4.99. The number of piperidine rings is 1. The number of carbonyl (C=O) groups excluding carboxylic acids is 1. The number of pyridine rings is 1. The lowest BCUT2D eigenvalue weighted by Gasteiger charge is -2.46. The lowest BCUT2D eigenvalue weighted by Crippen LogP contribution is -2.62. The van der Waals surface area contributed by atoms with Gasteiger partial charge in [-0.3, -0.25) is 9.78 Å². The molecule has 1 aromatic carbocycles. The van der Waals surface area contributed by atoms with Gasteiger partial charge in [0.1, 0.15) is 11.6 Å². The van der Waals surface area contributed by atoms with Crippen molar-refractivity contribution in [2.75, 3.05) is 37.5 Å². The number of nitrogens with two attached hydrogens (primary N) is 1. The Morgan fingerprint density at radius 1 is 1.20 bits per heavy atom. The van der Waals surface area contributed by atoms with Crippen LogP contribution in [0.4, 0.5) is 26.1 Å². The summed E-state index contributed by atoms with van der Waals surface area (Å²) in [7, 11) is 3.25. The molecule has 1 fully saturated rings. The van der Waals surface area contributed by atoms with Gasteiger partial charge in [0.15, 0.2) is 0 Å². The van der Waals surface area contributed by atoms with Crippen LogP contribution in [0.25, 0.3) is 16.8 Å². The van der Waals surface area contributed by atoms with Gasteiger partial charge >= 0.3 is 0 Å². The molecule has 12 heteroatoms. The molecule has 0 saturated carbocycles. The molecule has 40 heavy (non-hydrogen) atoms. The van der Waals surface area contributed by atoms with Crippen LogP contribution < -0.4 is 16.0 Å². The monoisotopic (exact) mass is 550 g/mol. The van der Waals surface area contributed by atoms with Crippen molar-refractivity contribution in [1.82, 2.24) is 24.5 Å². The molecule has 4 heterocycles. The molecule has 3 unspecified atom stereocenters. The van der Waals surface area contributed by atoms with Gasteiger partial charge in [-0.2, -0.15) is 9.61 Å². The van der Waals surface area contributed by atoms with E-state index < -0.39 is 11.6 Å². The van der Waals surface area contributed by atoms with Gasteiger partial charge in [0.25, 0.3) is 0 Å². The fourth-order valence-electron chi connectivity index (χ4n) is 5.49. The first kappa shape index (κ1) is 27.4. The van der Waals surface area contributed by atoms with Crippen molar-refractivity contribution in [2.24, 2.45) is 11.7 Å². The summed E-state index contributed by atoms with van der Waals surface area (Å²) in [5.41, 5.74) is 9.00. The molecule has 1 aliphatic heterocycles. The van der Waals surface area contributed by atoms with E-state index in [0.29, 0.717) is 35.8 Å². The summed E-state index contributed by atoms with van der Waals surface area (Å²) in [6, 6.07) is 7.29. The molecule has 1 saturated heterocycles. The summed E-state index contributed by atoms with van der Waals surface area (Å²) >= 11 is 0. The second-order valence-corrected chi connectivity index (χ2v) is 10.2. The van der Waals surface area contributed by atoms with Crippen molar-refractivity contribution >= 4 is 28.7 Å². The molecule has 1 aliphatic rings. The number of aromatic nitrogens is 4. The maximum absolute atomic E-state index is 14.9. The van der Waals surface area contributed by atoms with Gasteiger partial charge in [-0.05, 0) is 41.8 Å². The first-order valence-electron chi connectivity index (χ1n) is 12.9. The van der Waals surface area contributed by atoms with E-state index in [9.17, 15) is 13.6 Å². The van der Waals surface area contributed by atoms with E-state index in [-0.39, 0.29) is 41.8 Å². The zero-order valence-corrected chi connectivity index (χ0v) is 22.8. The van der Waals surface area contributed by atoms with E-state index in [1.807, 2.05) is 6.07 Å². The number of hydrogen-bond donors (Lipinski definition) is 2. The van der Waals surface area contributed by atoms with Gasteiger partial charge in [0, 0.05) is 46.4 Å². The fourth-order valence-corrected chi connectivity index (χ4v) is 5.49. The van der Waals surface area contributed by atoms with E-state index in [4.69, 9.17) is 10.5 Å². The van der Waals surface area contributed by atoms with Crippen LogP contribution in [-0.2, 0) is 16.1 Å². The van der Waals surface area contributed by atoms with Crippen molar-refractivity contribution < 1.29 is 18.3 Å². The number of halogens is 2. The Morgan fingerprint density at radius 3 is 2.62 bits per heavy atom. The minimum Gasteiger partial charge on any atom is -0.380 e. The second-order valence-electron chi connectivity index (χ2n) is 10.2. The number of carbonyl (C=O) groups is 1. The number of benzene rings is 1. The highest BCUT2D eigenvalue weighted by Crippen LogP contribution is 2.33.